The number of hydrogen-bond donors (Lipinski definition) is 0. The van der Waals surface area contributed by atoms with Crippen LogP contribution in [0, 0.1) is 11.3 Å². The van der Waals surface area contributed by atoms with E-state index in [1.165, 1.54) is 12.0 Å². The van der Waals surface area contributed by atoms with Crippen LogP contribution in [0.4, 0.5) is 4.79 Å². The molecule has 0 atom stereocenters. The average Bonchev–Trinajstić information content (AvgIpc) is 3.06. The zero-order valence-corrected chi connectivity index (χ0v) is 15.2. The number of benzene rings is 2. The van der Waals surface area contributed by atoms with Crippen molar-refractivity contribution in [2.75, 3.05) is 33.3 Å². The summed E-state index contributed by atoms with van der Waals surface area (Å²) in [4.78, 5) is 26.9. The fraction of sp³-hybridized carbons (Fsp3) is 0.286. The van der Waals surface area contributed by atoms with Crippen molar-refractivity contribution in [3.8, 4) is 17.2 Å². The van der Waals surface area contributed by atoms with Crippen LogP contribution in [0.2, 0.25) is 0 Å². The minimum atomic E-state index is -0.399. The number of amides is 2. The van der Waals surface area contributed by atoms with E-state index in [0.29, 0.717) is 25.2 Å². The average molecular weight is 363 g/mol. The Morgan fingerprint density at radius 3 is 2.22 bits per heavy atom. The predicted molar refractivity (Wildman–Crippen MR) is 101 cm³/mol. The summed E-state index contributed by atoms with van der Waals surface area (Å²) in [5.74, 6) is -0.399. The van der Waals surface area contributed by atoms with Crippen molar-refractivity contribution in [2.24, 2.45) is 0 Å². The fourth-order valence-corrected chi connectivity index (χ4v) is 3.07. The number of carbonyl (C=O) groups is 2. The van der Waals surface area contributed by atoms with Crippen LogP contribution in [0.25, 0.3) is 11.1 Å². The van der Waals surface area contributed by atoms with Crippen LogP contribution in [0.15, 0.2) is 48.5 Å². The number of rotatable bonds is 6. The molecule has 0 bridgehead atoms. The van der Waals surface area contributed by atoms with E-state index < -0.39 is 5.97 Å². The van der Waals surface area contributed by atoms with Gasteiger partial charge in [0.15, 0.2) is 0 Å². The standard InChI is InChI=1S/C21H21N3O3/c1-27-20(25)15-24-13-12-23(21(24)26)11-10-16-2-6-18(7-3-16)19-8-4-17(14-22)5-9-19/h2-9H,10-13,15H2,1H3. The number of ether oxygens (including phenoxy) is 1. The van der Waals surface area contributed by atoms with Crippen molar-refractivity contribution in [2.45, 2.75) is 6.42 Å². The minimum Gasteiger partial charge on any atom is -0.468 e. The third-order valence-corrected chi connectivity index (χ3v) is 4.70. The second kappa shape index (κ2) is 8.37. The molecule has 1 fully saturated rings. The summed E-state index contributed by atoms with van der Waals surface area (Å²) in [7, 11) is 1.32. The van der Waals surface area contributed by atoms with Crippen LogP contribution in [0.5, 0.6) is 0 Å². The summed E-state index contributed by atoms with van der Waals surface area (Å²) in [5.41, 5.74) is 3.94. The SMILES string of the molecule is COC(=O)CN1CCN(CCc2ccc(-c3ccc(C#N)cc3)cc2)C1=O. The van der Waals surface area contributed by atoms with Gasteiger partial charge in [0, 0.05) is 19.6 Å². The van der Waals surface area contributed by atoms with Crippen molar-refractivity contribution in [1.82, 2.24) is 9.80 Å². The number of hydrogen-bond acceptors (Lipinski definition) is 4. The molecule has 1 heterocycles. The van der Waals surface area contributed by atoms with Crippen LogP contribution in [-0.2, 0) is 16.0 Å². The van der Waals surface area contributed by atoms with Crippen molar-refractivity contribution < 1.29 is 14.3 Å². The van der Waals surface area contributed by atoms with Gasteiger partial charge in [-0.25, -0.2) is 4.79 Å². The fourth-order valence-electron chi connectivity index (χ4n) is 3.07. The molecule has 6 heteroatoms. The molecular weight excluding hydrogens is 342 g/mol. The lowest BCUT2D eigenvalue weighted by atomic mass is 10.0. The molecular formula is C21H21N3O3. The van der Waals surface area contributed by atoms with E-state index in [1.807, 2.05) is 36.4 Å². The maximum absolute atomic E-state index is 12.3. The lowest BCUT2D eigenvalue weighted by Crippen LogP contribution is -2.36. The first-order chi connectivity index (χ1) is 13.1. The molecule has 1 aliphatic heterocycles. The van der Waals surface area contributed by atoms with Crippen molar-refractivity contribution in [1.29, 1.82) is 5.26 Å². The Balaban J connectivity index is 1.55. The van der Waals surface area contributed by atoms with E-state index in [2.05, 4.69) is 22.9 Å². The highest BCUT2D eigenvalue weighted by atomic mass is 16.5. The number of nitriles is 1. The normalized spacial score (nSPS) is 13.6. The molecule has 1 aliphatic rings. The topological polar surface area (TPSA) is 73.6 Å². The molecule has 3 rings (SSSR count). The number of urea groups is 1. The smallest absolute Gasteiger partial charge is 0.325 e. The van der Waals surface area contributed by atoms with Crippen LogP contribution >= 0.6 is 0 Å². The van der Waals surface area contributed by atoms with Gasteiger partial charge in [-0.05, 0) is 35.2 Å². The first-order valence-electron chi connectivity index (χ1n) is 8.81. The summed E-state index contributed by atoms with van der Waals surface area (Å²) < 4.78 is 4.62. The molecule has 0 unspecified atom stereocenters. The van der Waals surface area contributed by atoms with Crippen LogP contribution < -0.4 is 0 Å². The quantitative estimate of drug-likeness (QED) is 0.740. The highest BCUT2D eigenvalue weighted by Gasteiger charge is 2.29. The zero-order chi connectivity index (χ0) is 19.2. The van der Waals surface area contributed by atoms with E-state index in [-0.39, 0.29) is 12.6 Å². The number of nitrogens with zero attached hydrogens (tertiary/aromatic N) is 3. The van der Waals surface area contributed by atoms with Gasteiger partial charge in [0.25, 0.3) is 0 Å². The van der Waals surface area contributed by atoms with Gasteiger partial charge in [0.05, 0.1) is 18.7 Å². The van der Waals surface area contributed by atoms with Crippen molar-refractivity contribution in [3.63, 3.8) is 0 Å². The third-order valence-electron chi connectivity index (χ3n) is 4.70. The van der Waals surface area contributed by atoms with Gasteiger partial charge in [-0.1, -0.05) is 36.4 Å². The van der Waals surface area contributed by atoms with Crippen molar-refractivity contribution in [3.05, 3.63) is 59.7 Å². The van der Waals surface area contributed by atoms with Crippen molar-refractivity contribution >= 4 is 12.0 Å². The van der Waals surface area contributed by atoms with Gasteiger partial charge < -0.3 is 14.5 Å². The Bertz CT molecular complexity index is 854. The third kappa shape index (κ3) is 4.45. The van der Waals surface area contributed by atoms with E-state index in [9.17, 15) is 9.59 Å². The first kappa shape index (κ1) is 18.5. The molecule has 2 amide bonds. The Hall–Kier alpha value is -3.33. The number of carbonyl (C=O) groups excluding carboxylic acids is 2. The number of esters is 1. The molecule has 0 N–H and O–H groups in total. The highest BCUT2D eigenvalue weighted by Crippen LogP contribution is 2.21. The molecule has 6 nitrogen and oxygen atoms in total. The summed E-state index contributed by atoms with van der Waals surface area (Å²) >= 11 is 0. The summed E-state index contributed by atoms with van der Waals surface area (Å²) in [5, 5.41) is 8.87. The Kier molecular flexibility index (Phi) is 5.72. The highest BCUT2D eigenvalue weighted by molar-refractivity contribution is 5.82. The molecule has 138 valence electrons. The molecule has 0 radical (unpaired) electrons. The van der Waals surface area contributed by atoms with Gasteiger partial charge in [0.2, 0.25) is 0 Å². The Labute approximate surface area is 158 Å². The predicted octanol–water partition coefficient (Wildman–Crippen LogP) is 2.68. The Morgan fingerprint density at radius 2 is 1.63 bits per heavy atom. The Morgan fingerprint density at radius 1 is 1.04 bits per heavy atom. The molecule has 2 aromatic carbocycles. The lowest BCUT2D eigenvalue weighted by Gasteiger charge is -2.17. The summed E-state index contributed by atoms with van der Waals surface area (Å²) in [6, 6.07) is 17.7. The molecule has 2 aromatic rings. The van der Waals surface area contributed by atoms with E-state index >= 15 is 0 Å². The van der Waals surface area contributed by atoms with Crippen LogP contribution in [-0.4, -0.2) is 55.1 Å². The molecule has 0 aromatic heterocycles. The van der Waals surface area contributed by atoms with E-state index in [4.69, 9.17) is 5.26 Å². The van der Waals surface area contributed by atoms with Crippen LogP contribution in [0.1, 0.15) is 11.1 Å². The zero-order valence-electron chi connectivity index (χ0n) is 15.2. The lowest BCUT2D eigenvalue weighted by molar-refractivity contribution is -0.141. The maximum Gasteiger partial charge on any atom is 0.325 e. The van der Waals surface area contributed by atoms with Gasteiger partial charge in [-0.3, -0.25) is 4.79 Å². The van der Waals surface area contributed by atoms with Gasteiger partial charge in [-0.2, -0.15) is 5.26 Å². The monoisotopic (exact) mass is 363 g/mol. The summed E-state index contributed by atoms with van der Waals surface area (Å²) in [6.07, 6.45) is 0.755. The minimum absolute atomic E-state index is 0.00508. The molecule has 1 saturated heterocycles. The van der Waals surface area contributed by atoms with Gasteiger partial charge in [-0.15, -0.1) is 0 Å². The first-order valence-corrected chi connectivity index (χ1v) is 8.81. The van der Waals surface area contributed by atoms with E-state index in [1.54, 1.807) is 4.90 Å². The molecule has 27 heavy (non-hydrogen) atoms. The molecule has 0 aliphatic carbocycles. The summed E-state index contributed by atoms with van der Waals surface area (Å²) in [6.45, 7) is 1.79. The molecule has 0 saturated carbocycles. The van der Waals surface area contributed by atoms with Gasteiger partial charge >= 0.3 is 12.0 Å². The largest absolute Gasteiger partial charge is 0.468 e. The van der Waals surface area contributed by atoms with Gasteiger partial charge in [0.1, 0.15) is 6.54 Å². The second-order valence-electron chi connectivity index (χ2n) is 6.40. The maximum atomic E-state index is 12.3. The van der Waals surface area contributed by atoms with Crippen LogP contribution in [0.3, 0.4) is 0 Å². The second-order valence-corrected chi connectivity index (χ2v) is 6.40. The number of methoxy groups -OCH3 is 1. The van der Waals surface area contributed by atoms with E-state index in [0.717, 1.165) is 23.1 Å². The molecule has 0 spiro atoms.